The van der Waals surface area contributed by atoms with Gasteiger partial charge in [-0.2, -0.15) is 4.31 Å². The Hall–Kier alpha value is -3.24. The van der Waals surface area contributed by atoms with Gasteiger partial charge < -0.3 is 4.90 Å². The van der Waals surface area contributed by atoms with Gasteiger partial charge in [-0.15, -0.1) is 0 Å². The van der Waals surface area contributed by atoms with E-state index in [0.29, 0.717) is 0 Å². The molecular weight excluding hydrogens is 444 g/mol. The molecule has 3 rings (SSSR count). The van der Waals surface area contributed by atoms with E-state index >= 15 is 0 Å². The molecule has 1 fully saturated rings. The van der Waals surface area contributed by atoms with Crippen LogP contribution in [0.25, 0.3) is 0 Å². The summed E-state index contributed by atoms with van der Waals surface area (Å²) in [6.07, 6.45) is 0.916. The van der Waals surface area contributed by atoms with E-state index in [1.54, 1.807) is 17.0 Å². The first-order chi connectivity index (χ1) is 15.6. The third kappa shape index (κ3) is 5.77. The molecule has 3 amide bonds. The number of carbonyl (C=O) groups is 3. The van der Waals surface area contributed by atoms with E-state index in [2.05, 4.69) is 10.9 Å². The van der Waals surface area contributed by atoms with Crippen molar-refractivity contribution < 1.29 is 22.8 Å². The zero-order valence-corrected chi connectivity index (χ0v) is 19.7. The molecule has 0 bridgehead atoms. The van der Waals surface area contributed by atoms with Crippen molar-refractivity contribution >= 4 is 33.4 Å². The number of rotatable bonds is 7. The van der Waals surface area contributed by atoms with Crippen molar-refractivity contribution in [2.75, 3.05) is 25.0 Å². The van der Waals surface area contributed by atoms with Gasteiger partial charge in [0.15, 0.2) is 0 Å². The zero-order valence-electron chi connectivity index (χ0n) is 18.9. The van der Waals surface area contributed by atoms with Gasteiger partial charge in [-0.1, -0.05) is 36.8 Å². The van der Waals surface area contributed by atoms with Crippen molar-refractivity contribution in [3.05, 3.63) is 59.7 Å². The Kier molecular flexibility index (Phi) is 7.50. The summed E-state index contributed by atoms with van der Waals surface area (Å²) in [5, 5.41) is 0. The summed E-state index contributed by atoms with van der Waals surface area (Å²) in [5.41, 5.74) is 7.32. The van der Waals surface area contributed by atoms with Crippen LogP contribution < -0.4 is 15.8 Å². The van der Waals surface area contributed by atoms with Crippen LogP contribution in [0.5, 0.6) is 0 Å². The summed E-state index contributed by atoms with van der Waals surface area (Å²) in [6.45, 7) is 3.61. The van der Waals surface area contributed by atoms with E-state index in [0.717, 1.165) is 27.5 Å². The second-order valence-corrected chi connectivity index (χ2v) is 10.1. The second kappa shape index (κ2) is 10.1. The summed E-state index contributed by atoms with van der Waals surface area (Å²) in [6, 6.07) is 13.9. The number of hydrazine groups is 1. The number of amides is 3. The molecule has 0 aromatic heterocycles. The van der Waals surface area contributed by atoms with Gasteiger partial charge in [0.05, 0.1) is 17.4 Å². The number of nitrogens with zero attached hydrogens (tertiary/aromatic N) is 2. The van der Waals surface area contributed by atoms with Gasteiger partial charge in [0.2, 0.25) is 21.8 Å². The molecule has 2 aromatic rings. The standard InChI is InChI=1S/C23H28N4O5S/c1-4-17-7-9-19(10-8-17)27-14-18(13-22(27)29)23(30)25-24-21(28)15-26(3)33(31,32)20-11-5-16(2)6-12-20/h5-12,18H,4,13-15H2,1-3H3,(H,24,28)(H,25,30). The van der Waals surface area contributed by atoms with Crippen molar-refractivity contribution in [2.45, 2.75) is 31.6 Å². The molecule has 0 saturated carbocycles. The number of aryl methyl sites for hydroxylation is 2. The lowest BCUT2D eigenvalue weighted by molar-refractivity contribution is -0.131. The van der Waals surface area contributed by atoms with Gasteiger partial charge in [0.1, 0.15) is 0 Å². The van der Waals surface area contributed by atoms with E-state index < -0.39 is 34.3 Å². The molecule has 1 heterocycles. The Balaban J connectivity index is 1.52. The molecule has 9 nitrogen and oxygen atoms in total. The molecule has 176 valence electrons. The van der Waals surface area contributed by atoms with Crippen LogP contribution in [0.4, 0.5) is 5.69 Å². The lowest BCUT2D eigenvalue weighted by Crippen LogP contribution is -2.48. The SMILES string of the molecule is CCc1ccc(N2CC(C(=O)NNC(=O)CN(C)S(=O)(=O)c3ccc(C)cc3)CC2=O)cc1. The molecule has 1 saturated heterocycles. The Labute approximate surface area is 193 Å². The number of anilines is 1. The molecule has 0 radical (unpaired) electrons. The largest absolute Gasteiger partial charge is 0.312 e. The van der Waals surface area contributed by atoms with E-state index in [1.807, 2.05) is 38.1 Å². The first-order valence-corrected chi connectivity index (χ1v) is 12.1. The highest BCUT2D eigenvalue weighted by Crippen LogP contribution is 2.25. The predicted octanol–water partition coefficient (Wildman–Crippen LogP) is 1.38. The number of benzene rings is 2. The van der Waals surface area contributed by atoms with Crippen LogP contribution in [0.3, 0.4) is 0 Å². The topological polar surface area (TPSA) is 116 Å². The van der Waals surface area contributed by atoms with Crippen molar-refractivity contribution in [3.63, 3.8) is 0 Å². The Morgan fingerprint density at radius 3 is 2.30 bits per heavy atom. The van der Waals surface area contributed by atoms with E-state index in [1.165, 1.54) is 19.2 Å². The monoisotopic (exact) mass is 472 g/mol. The van der Waals surface area contributed by atoms with Crippen molar-refractivity contribution in [1.82, 2.24) is 15.2 Å². The minimum atomic E-state index is -3.85. The molecule has 1 aliphatic heterocycles. The molecule has 0 spiro atoms. The summed E-state index contributed by atoms with van der Waals surface area (Å²) in [4.78, 5) is 38.7. The minimum Gasteiger partial charge on any atom is -0.312 e. The number of nitrogens with one attached hydrogen (secondary N) is 2. The Morgan fingerprint density at radius 2 is 1.70 bits per heavy atom. The third-order valence-electron chi connectivity index (χ3n) is 5.57. The highest BCUT2D eigenvalue weighted by atomic mass is 32.2. The smallest absolute Gasteiger partial charge is 0.253 e. The summed E-state index contributed by atoms with van der Waals surface area (Å²) >= 11 is 0. The molecular formula is C23H28N4O5S. The Morgan fingerprint density at radius 1 is 1.06 bits per heavy atom. The fourth-order valence-corrected chi connectivity index (χ4v) is 4.62. The average molecular weight is 473 g/mol. The minimum absolute atomic E-state index is 0.0267. The maximum absolute atomic E-state index is 12.6. The zero-order chi connectivity index (χ0) is 24.2. The number of likely N-dealkylation sites (N-methyl/N-ethyl adjacent to an activating group) is 1. The highest BCUT2D eigenvalue weighted by molar-refractivity contribution is 7.89. The van der Waals surface area contributed by atoms with Gasteiger partial charge in [0.25, 0.3) is 5.91 Å². The van der Waals surface area contributed by atoms with E-state index in [4.69, 9.17) is 0 Å². The van der Waals surface area contributed by atoms with Gasteiger partial charge in [-0.3, -0.25) is 25.2 Å². The molecule has 1 unspecified atom stereocenters. The van der Waals surface area contributed by atoms with Crippen LogP contribution in [-0.4, -0.2) is 50.6 Å². The molecule has 33 heavy (non-hydrogen) atoms. The van der Waals surface area contributed by atoms with Gasteiger partial charge >= 0.3 is 0 Å². The van der Waals surface area contributed by atoms with Crippen LogP contribution in [-0.2, 0) is 30.8 Å². The van der Waals surface area contributed by atoms with Gasteiger partial charge in [-0.05, 0) is 43.2 Å². The molecule has 2 N–H and O–H groups in total. The van der Waals surface area contributed by atoms with Crippen LogP contribution in [0.2, 0.25) is 0 Å². The van der Waals surface area contributed by atoms with Crippen LogP contribution in [0.15, 0.2) is 53.4 Å². The quantitative estimate of drug-likeness (QED) is 0.591. The van der Waals surface area contributed by atoms with Gasteiger partial charge in [0, 0.05) is 25.7 Å². The van der Waals surface area contributed by atoms with Crippen LogP contribution in [0, 0.1) is 12.8 Å². The number of hydrogen-bond acceptors (Lipinski definition) is 5. The van der Waals surface area contributed by atoms with Crippen molar-refractivity contribution in [1.29, 1.82) is 0 Å². The van der Waals surface area contributed by atoms with Crippen LogP contribution >= 0.6 is 0 Å². The second-order valence-electron chi connectivity index (χ2n) is 8.04. The fourth-order valence-electron chi connectivity index (χ4n) is 3.49. The third-order valence-corrected chi connectivity index (χ3v) is 7.39. The van der Waals surface area contributed by atoms with Crippen molar-refractivity contribution in [3.8, 4) is 0 Å². The van der Waals surface area contributed by atoms with Crippen LogP contribution in [0.1, 0.15) is 24.5 Å². The molecule has 0 aliphatic carbocycles. The Bertz CT molecular complexity index is 1130. The maximum Gasteiger partial charge on any atom is 0.253 e. The van der Waals surface area contributed by atoms with Gasteiger partial charge in [-0.25, -0.2) is 8.42 Å². The fraction of sp³-hybridized carbons (Fsp3) is 0.348. The predicted molar refractivity (Wildman–Crippen MR) is 124 cm³/mol. The molecule has 10 heteroatoms. The molecule has 2 aromatic carbocycles. The van der Waals surface area contributed by atoms with E-state index in [-0.39, 0.29) is 23.8 Å². The summed E-state index contributed by atoms with van der Waals surface area (Å²) < 4.78 is 26.1. The molecule has 1 atom stereocenters. The first kappa shape index (κ1) is 24.4. The summed E-state index contributed by atoms with van der Waals surface area (Å²) in [7, 11) is -2.56. The van der Waals surface area contributed by atoms with Crippen molar-refractivity contribution in [2.24, 2.45) is 5.92 Å². The first-order valence-electron chi connectivity index (χ1n) is 10.6. The lowest BCUT2D eigenvalue weighted by Gasteiger charge is -2.18. The highest BCUT2D eigenvalue weighted by Gasteiger charge is 2.35. The number of sulfonamides is 1. The van der Waals surface area contributed by atoms with E-state index in [9.17, 15) is 22.8 Å². The number of hydrogen-bond donors (Lipinski definition) is 2. The summed E-state index contributed by atoms with van der Waals surface area (Å²) in [5.74, 6) is -2.00. The lowest BCUT2D eigenvalue weighted by atomic mass is 10.1. The maximum atomic E-state index is 12.6. The normalized spacial score (nSPS) is 16.2. The average Bonchev–Trinajstić information content (AvgIpc) is 3.19. The number of carbonyl (C=O) groups excluding carboxylic acids is 3. The molecule has 1 aliphatic rings.